The molecule has 0 saturated carbocycles. The summed E-state index contributed by atoms with van der Waals surface area (Å²) in [7, 11) is 0. The molecule has 0 saturated heterocycles. The fraction of sp³-hybridized carbons (Fsp3) is 0.667. The molecule has 2 N–H and O–H groups in total. The van der Waals surface area contributed by atoms with Crippen LogP contribution in [0.2, 0.25) is 0 Å². The number of anilines is 1. The van der Waals surface area contributed by atoms with Crippen LogP contribution >= 0.6 is 11.8 Å². The van der Waals surface area contributed by atoms with Gasteiger partial charge in [0.2, 0.25) is 0 Å². The predicted octanol–water partition coefficient (Wildman–Crippen LogP) is 2.27. The molecule has 4 heteroatoms. The Bertz CT molecular complexity index is 235. The summed E-state index contributed by atoms with van der Waals surface area (Å²) in [5.74, 6) is 2.14. The Morgan fingerprint density at radius 3 is 3.00 bits per heavy atom. The van der Waals surface area contributed by atoms with Gasteiger partial charge in [-0.25, -0.2) is 4.98 Å². The second kappa shape index (κ2) is 5.91. The monoisotopic (exact) mass is 199 g/mol. The highest BCUT2D eigenvalue weighted by atomic mass is 32.2. The number of nitrogens with one attached hydrogen (secondary N) is 2. The van der Waals surface area contributed by atoms with Gasteiger partial charge in [-0.05, 0) is 31.8 Å². The van der Waals surface area contributed by atoms with Crippen LogP contribution in [0, 0.1) is 6.92 Å². The molecule has 0 bridgehead atoms. The standard InChI is InChI=1S/C9H17N3S/c1-8-7-11-9(12-8)10-5-3-4-6-13-2/h7H,3-6H2,1-2H3,(H2,10,11,12). The zero-order chi connectivity index (χ0) is 9.52. The molecule has 0 spiro atoms. The number of H-pyrrole nitrogens is 1. The summed E-state index contributed by atoms with van der Waals surface area (Å²) in [4.78, 5) is 7.30. The minimum absolute atomic E-state index is 0.890. The Morgan fingerprint density at radius 1 is 1.54 bits per heavy atom. The second-order valence-electron chi connectivity index (χ2n) is 3.04. The maximum absolute atomic E-state index is 4.16. The van der Waals surface area contributed by atoms with Crippen molar-refractivity contribution in [3.05, 3.63) is 11.9 Å². The third kappa shape index (κ3) is 4.22. The number of nitrogens with zero attached hydrogens (tertiary/aromatic N) is 1. The molecule has 74 valence electrons. The number of rotatable bonds is 6. The second-order valence-corrected chi connectivity index (χ2v) is 4.03. The molecule has 0 amide bonds. The van der Waals surface area contributed by atoms with Crippen LogP contribution < -0.4 is 5.32 Å². The number of aromatic nitrogens is 2. The Balaban J connectivity index is 2.06. The first-order valence-electron chi connectivity index (χ1n) is 4.57. The molecule has 0 aromatic carbocycles. The maximum Gasteiger partial charge on any atom is 0.200 e. The van der Waals surface area contributed by atoms with E-state index < -0.39 is 0 Å². The number of aryl methyl sites for hydroxylation is 1. The van der Waals surface area contributed by atoms with Gasteiger partial charge in [-0.15, -0.1) is 0 Å². The van der Waals surface area contributed by atoms with Gasteiger partial charge in [-0.1, -0.05) is 0 Å². The van der Waals surface area contributed by atoms with Gasteiger partial charge >= 0.3 is 0 Å². The molecule has 1 rings (SSSR count). The van der Waals surface area contributed by atoms with E-state index in [-0.39, 0.29) is 0 Å². The Labute approximate surface area is 83.7 Å². The lowest BCUT2D eigenvalue weighted by Gasteiger charge is -2.01. The summed E-state index contributed by atoms with van der Waals surface area (Å²) in [5.41, 5.74) is 1.10. The summed E-state index contributed by atoms with van der Waals surface area (Å²) in [6, 6.07) is 0. The topological polar surface area (TPSA) is 40.7 Å². The largest absolute Gasteiger partial charge is 0.356 e. The molecule has 0 aliphatic rings. The van der Waals surface area contributed by atoms with Crippen molar-refractivity contribution in [2.24, 2.45) is 0 Å². The van der Waals surface area contributed by atoms with E-state index in [4.69, 9.17) is 0 Å². The van der Waals surface area contributed by atoms with E-state index >= 15 is 0 Å². The number of aromatic amines is 1. The van der Waals surface area contributed by atoms with Crippen molar-refractivity contribution >= 4 is 17.7 Å². The maximum atomic E-state index is 4.16. The predicted molar refractivity (Wildman–Crippen MR) is 59.4 cm³/mol. The quantitative estimate of drug-likeness (QED) is 0.691. The molecule has 0 radical (unpaired) electrons. The van der Waals surface area contributed by atoms with Crippen LogP contribution in [0.5, 0.6) is 0 Å². The number of unbranched alkanes of at least 4 members (excludes halogenated alkanes) is 1. The van der Waals surface area contributed by atoms with Crippen LogP contribution in [-0.4, -0.2) is 28.5 Å². The highest BCUT2D eigenvalue weighted by Gasteiger charge is 1.94. The number of hydrogen-bond donors (Lipinski definition) is 2. The molecule has 0 aliphatic heterocycles. The van der Waals surface area contributed by atoms with Crippen LogP contribution in [-0.2, 0) is 0 Å². The zero-order valence-electron chi connectivity index (χ0n) is 8.26. The van der Waals surface area contributed by atoms with Crippen molar-refractivity contribution in [1.29, 1.82) is 0 Å². The normalized spacial score (nSPS) is 10.3. The van der Waals surface area contributed by atoms with E-state index in [0.29, 0.717) is 0 Å². The van der Waals surface area contributed by atoms with Crippen molar-refractivity contribution in [2.45, 2.75) is 19.8 Å². The highest BCUT2D eigenvalue weighted by Crippen LogP contribution is 2.02. The molecule has 1 aromatic heterocycles. The highest BCUT2D eigenvalue weighted by molar-refractivity contribution is 7.98. The van der Waals surface area contributed by atoms with Crippen molar-refractivity contribution in [1.82, 2.24) is 9.97 Å². The molecule has 1 aromatic rings. The smallest absolute Gasteiger partial charge is 0.200 e. The first-order chi connectivity index (χ1) is 6.33. The SMILES string of the molecule is CSCCCCNc1ncc(C)[nH]1. The lowest BCUT2D eigenvalue weighted by atomic mass is 10.3. The number of hydrogen-bond acceptors (Lipinski definition) is 3. The van der Waals surface area contributed by atoms with Crippen molar-refractivity contribution in [3.63, 3.8) is 0 Å². The fourth-order valence-electron chi connectivity index (χ4n) is 1.08. The van der Waals surface area contributed by atoms with Gasteiger partial charge < -0.3 is 10.3 Å². The summed E-state index contributed by atoms with van der Waals surface area (Å²) in [6.45, 7) is 3.01. The van der Waals surface area contributed by atoms with Crippen LogP contribution in [0.4, 0.5) is 5.95 Å². The van der Waals surface area contributed by atoms with Gasteiger partial charge in [0, 0.05) is 18.4 Å². The van der Waals surface area contributed by atoms with E-state index in [1.807, 2.05) is 24.9 Å². The summed E-state index contributed by atoms with van der Waals surface area (Å²) >= 11 is 1.90. The van der Waals surface area contributed by atoms with Crippen molar-refractivity contribution in [3.8, 4) is 0 Å². The van der Waals surface area contributed by atoms with E-state index in [1.54, 1.807) is 0 Å². The molecule has 0 atom stereocenters. The Kier molecular flexibility index (Phi) is 4.75. The average molecular weight is 199 g/mol. The summed E-state index contributed by atoms with van der Waals surface area (Å²) in [5, 5.41) is 3.25. The fourth-order valence-corrected chi connectivity index (χ4v) is 1.57. The molecule has 0 fully saturated rings. The van der Waals surface area contributed by atoms with E-state index in [2.05, 4.69) is 21.5 Å². The number of thioether (sulfide) groups is 1. The Morgan fingerprint density at radius 2 is 2.38 bits per heavy atom. The third-order valence-corrected chi connectivity index (χ3v) is 2.47. The zero-order valence-corrected chi connectivity index (χ0v) is 9.08. The number of imidazole rings is 1. The first kappa shape index (κ1) is 10.4. The van der Waals surface area contributed by atoms with Gasteiger partial charge in [0.05, 0.1) is 0 Å². The molecule has 13 heavy (non-hydrogen) atoms. The lowest BCUT2D eigenvalue weighted by molar-refractivity contribution is 0.837. The minimum atomic E-state index is 0.890. The summed E-state index contributed by atoms with van der Waals surface area (Å²) in [6.07, 6.45) is 6.46. The Hall–Kier alpha value is -0.640. The molecule has 1 heterocycles. The van der Waals surface area contributed by atoms with Crippen molar-refractivity contribution in [2.75, 3.05) is 23.9 Å². The van der Waals surface area contributed by atoms with Gasteiger partial charge in [0.1, 0.15) is 0 Å². The van der Waals surface area contributed by atoms with Crippen LogP contribution in [0.1, 0.15) is 18.5 Å². The lowest BCUT2D eigenvalue weighted by Crippen LogP contribution is -2.03. The van der Waals surface area contributed by atoms with Crippen LogP contribution in [0.3, 0.4) is 0 Å². The van der Waals surface area contributed by atoms with Crippen LogP contribution in [0.15, 0.2) is 6.20 Å². The van der Waals surface area contributed by atoms with Gasteiger partial charge in [0.15, 0.2) is 5.95 Å². The average Bonchev–Trinajstić information content (AvgIpc) is 2.51. The minimum Gasteiger partial charge on any atom is -0.356 e. The molecule has 0 aliphatic carbocycles. The third-order valence-electron chi connectivity index (χ3n) is 1.77. The van der Waals surface area contributed by atoms with E-state index in [1.165, 1.54) is 18.6 Å². The van der Waals surface area contributed by atoms with Gasteiger partial charge in [0.25, 0.3) is 0 Å². The van der Waals surface area contributed by atoms with E-state index in [9.17, 15) is 0 Å². The first-order valence-corrected chi connectivity index (χ1v) is 5.96. The summed E-state index contributed by atoms with van der Waals surface area (Å²) < 4.78 is 0. The molecular weight excluding hydrogens is 182 g/mol. The van der Waals surface area contributed by atoms with E-state index in [0.717, 1.165) is 18.2 Å². The molecular formula is C9H17N3S. The molecule has 3 nitrogen and oxygen atoms in total. The van der Waals surface area contributed by atoms with Crippen molar-refractivity contribution < 1.29 is 0 Å². The molecule has 0 unspecified atom stereocenters. The van der Waals surface area contributed by atoms with Crippen LogP contribution in [0.25, 0.3) is 0 Å². The van der Waals surface area contributed by atoms with Gasteiger partial charge in [-0.3, -0.25) is 0 Å². The van der Waals surface area contributed by atoms with Gasteiger partial charge in [-0.2, -0.15) is 11.8 Å².